The Labute approximate surface area is 95.9 Å². The predicted octanol–water partition coefficient (Wildman–Crippen LogP) is 3.55. The van der Waals surface area contributed by atoms with Crippen LogP contribution in [-0.2, 0) is 6.42 Å². The quantitative estimate of drug-likeness (QED) is 0.783. The summed E-state index contributed by atoms with van der Waals surface area (Å²) in [4.78, 5) is 0. The highest BCUT2D eigenvalue weighted by Crippen LogP contribution is 2.21. The fraction of sp³-hybridized carbons (Fsp3) is 0.538. The Morgan fingerprint density at radius 2 is 1.75 bits per heavy atom. The molecule has 0 aliphatic carbocycles. The highest BCUT2D eigenvalue weighted by atomic mass is 19.3. The molecular weight excluding hydrogens is 208 g/mol. The second kappa shape index (κ2) is 6.59. The molecule has 16 heavy (non-hydrogen) atoms. The minimum absolute atomic E-state index is 0.616. The van der Waals surface area contributed by atoms with E-state index < -0.39 is 12.5 Å². The summed E-state index contributed by atoms with van der Waals surface area (Å²) >= 11 is 0. The van der Waals surface area contributed by atoms with Crippen LogP contribution in [0.2, 0.25) is 0 Å². The molecule has 1 atom stereocenters. The number of aryl methyl sites for hydroxylation is 1. The first-order chi connectivity index (χ1) is 7.69. The number of alkyl halides is 2. The van der Waals surface area contributed by atoms with Gasteiger partial charge < -0.3 is 5.32 Å². The second-order valence-corrected chi connectivity index (χ2v) is 3.86. The third kappa shape index (κ3) is 3.56. The molecule has 1 N–H and O–H groups in total. The van der Waals surface area contributed by atoms with E-state index in [4.69, 9.17) is 0 Å². The number of rotatable bonds is 6. The van der Waals surface area contributed by atoms with Gasteiger partial charge in [0.1, 0.15) is 0 Å². The molecule has 0 heterocycles. The molecule has 0 saturated heterocycles. The Hall–Kier alpha value is -0.960. The number of hydrogen-bond donors (Lipinski definition) is 1. The fourth-order valence-corrected chi connectivity index (χ4v) is 1.61. The van der Waals surface area contributed by atoms with Crippen LogP contribution in [0.4, 0.5) is 8.78 Å². The Balaban J connectivity index is 2.75. The van der Waals surface area contributed by atoms with Crippen LogP contribution < -0.4 is 5.32 Å². The minimum Gasteiger partial charge on any atom is -0.305 e. The first kappa shape index (κ1) is 13.1. The molecule has 1 unspecified atom stereocenters. The summed E-state index contributed by atoms with van der Waals surface area (Å²) in [5.74, 6) is 0. The van der Waals surface area contributed by atoms with Crippen molar-refractivity contribution in [3.05, 3.63) is 35.4 Å². The van der Waals surface area contributed by atoms with Gasteiger partial charge in [0.15, 0.2) is 0 Å². The lowest BCUT2D eigenvalue weighted by Gasteiger charge is -2.18. The van der Waals surface area contributed by atoms with Gasteiger partial charge in [0.25, 0.3) is 6.43 Å². The fourth-order valence-electron chi connectivity index (χ4n) is 1.61. The molecule has 0 saturated carbocycles. The lowest BCUT2D eigenvalue weighted by molar-refractivity contribution is 0.0985. The Morgan fingerprint density at radius 1 is 1.12 bits per heavy atom. The Kier molecular flexibility index (Phi) is 5.39. The van der Waals surface area contributed by atoms with Crippen molar-refractivity contribution in [1.29, 1.82) is 0 Å². The van der Waals surface area contributed by atoms with Crippen LogP contribution in [0.1, 0.15) is 37.4 Å². The van der Waals surface area contributed by atoms with Gasteiger partial charge in [-0.15, -0.1) is 0 Å². The van der Waals surface area contributed by atoms with Crippen LogP contribution in [0, 0.1) is 0 Å². The van der Waals surface area contributed by atoms with E-state index in [0.717, 1.165) is 12.8 Å². The molecule has 0 bridgehead atoms. The van der Waals surface area contributed by atoms with Gasteiger partial charge in [0.05, 0.1) is 6.04 Å². The van der Waals surface area contributed by atoms with Crippen molar-refractivity contribution in [2.45, 2.75) is 39.2 Å². The summed E-state index contributed by atoms with van der Waals surface area (Å²) in [7, 11) is 0. The lowest BCUT2D eigenvalue weighted by atomic mass is 10.0. The van der Waals surface area contributed by atoms with Crippen molar-refractivity contribution >= 4 is 0 Å². The smallest absolute Gasteiger partial charge is 0.257 e. The summed E-state index contributed by atoms with van der Waals surface area (Å²) in [5, 5.41) is 2.87. The standard InChI is InChI=1S/C13H19F2N/c1-3-9-16-12(13(14)15)11-7-5-10(4-2)6-8-11/h5-8,12-13,16H,3-4,9H2,1-2H3. The van der Waals surface area contributed by atoms with Crippen molar-refractivity contribution in [3.8, 4) is 0 Å². The molecule has 0 aromatic heterocycles. The first-order valence-corrected chi connectivity index (χ1v) is 5.79. The first-order valence-electron chi connectivity index (χ1n) is 5.79. The second-order valence-electron chi connectivity index (χ2n) is 3.86. The zero-order valence-corrected chi connectivity index (χ0v) is 9.84. The summed E-state index contributed by atoms with van der Waals surface area (Å²) < 4.78 is 25.7. The number of nitrogens with one attached hydrogen (secondary N) is 1. The molecule has 3 heteroatoms. The van der Waals surface area contributed by atoms with Crippen molar-refractivity contribution in [2.24, 2.45) is 0 Å². The average molecular weight is 227 g/mol. The van der Waals surface area contributed by atoms with Gasteiger partial charge in [0, 0.05) is 0 Å². The predicted molar refractivity (Wildman–Crippen MR) is 62.9 cm³/mol. The Bertz CT molecular complexity index is 295. The number of halogens is 2. The maximum Gasteiger partial charge on any atom is 0.257 e. The third-order valence-corrected chi connectivity index (χ3v) is 2.61. The zero-order valence-electron chi connectivity index (χ0n) is 9.84. The molecule has 1 rings (SSSR count). The largest absolute Gasteiger partial charge is 0.305 e. The van der Waals surface area contributed by atoms with Crippen LogP contribution in [0.5, 0.6) is 0 Å². The van der Waals surface area contributed by atoms with Gasteiger partial charge in [-0.25, -0.2) is 8.78 Å². The average Bonchev–Trinajstić information content (AvgIpc) is 2.30. The van der Waals surface area contributed by atoms with Gasteiger partial charge in [-0.2, -0.15) is 0 Å². The normalized spacial score (nSPS) is 13.1. The Morgan fingerprint density at radius 3 is 2.19 bits per heavy atom. The van der Waals surface area contributed by atoms with Gasteiger partial charge in [-0.3, -0.25) is 0 Å². The van der Waals surface area contributed by atoms with Crippen molar-refractivity contribution < 1.29 is 8.78 Å². The molecule has 0 radical (unpaired) electrons. The third-order valence-electron chi connectivity index (χ3n) is 2.61. The topological polar surface area (TPSA) is 12.0 Å². The van der Waals surface area contributed by atoms with E-state index in [2.05, 4.69) is 12.2 Å². The highest BCUT2D eigenvalue weighted by Gasteiger charge is 2.20. The van der Waals surface area contributed by atoms with Crippen LogP contribution in [-0.4, -0.2) is 13.0 Å². The molecular formula is C13H19F2N. The molecule has 0 aliphatic rings. The van der Waals surface area contributed by atoms with E-state index in [1.807, 2.05) is 19.1 Å². The van der Waals surface area contributed by atoms with Gasteiger partial charge in [-0.05, 0) is 30.5 Å². The van der Waals surface area contributed by atoms with E-state index >= 15 is 0 Å². The van der Waals surface area contributed by atoms with E-state index in [1.54, 1.807) is 12.1 Å². The maximum absolute atomic E-state index is 12.8. The van der Waals surface area contributed by atoms with E-state index in [9.17, 15) is 8.78 Å². The van der Waals surface area contributed by atoms with E-state index in [-0.39, 0.29) is 0 Å². The number of hydrogen-bond acceptors (Lipinski definition) is 1. The molecule has 0 spiro atoms. The van der Waals surface area contributed by atoms with E-state index in [0.29, 0.717) is 12.1 Å². The van der Waals surface area contributed by atoms with Crippen LogP contribution in [0.15, 0.2) is 24.3 Å². The summed E-state index contributed by atoms with van der Waals surface area (Å²) in [5.41, 5.74) is 1.84. The van der Waals surface area contributed by atoms with Gasteiger partial charge in [0.2, 0.25) is 0 Å². The molecule has 1 aromatic carbocycles. The molecule has 1 aromatic rings. The number of benzene rings is 1. The molecule has 90 valence electrons. The van der Waals surface area contributed by atoms with Crippen LogP contribution in [0.25, 0.3) is 0 Å². The minimum atomic E-state index is -2.36. The molecule has 0 amide bonds. The van der Waals surface area contributed by atoms with Crippen LogP contribution >= 0.6 is 0 Å². The van der Waals surface area contributed by atoms with Crippen molar-refractivity contribution in [1.82, 2.24) is 5.32 Å². The SMILES string of the molecule is CCCNC(c1ccc(CC)cc1)C(F)F. The summed E-state index contributed by atoms with van der Waals surface area (Å²) in [6.45, 7) is 4.63. The summed E-state index contributed by atoms with van der Waals surface area (Å²) in [6.07, 6.45) is -0.572. The summed E-state index contributed by atoms with van der Waals surface area (Å²) in [6, 6.07) is 6.57. The van der Waals surface area contributed by atoms with E-state index in [1.165, 1.54) is 5.56 Å². The van der Waals surface area contributed by atoms with Crippen molar-refractivity contribution in [3.63, 3.8) is 0 Å². The molecule has 0 fully saturated rings. The zero-order chi connectivity index (χ0) is 12.0. The van der Waals surface area contributed by atoms with Crippen LogP contribution in [0.3, 0.4) is 0 Å². The maximum atomic E-state index is 12.8. The van der Waals surface area contributed by atoms with Crippen molar-refractivity contribution in [2.75, 3.05) is 6.54 Å². The van der Waals surface area contributed by atoms with Gasteiger partial charge in [-0.1, -0.05) is 38.1 Å². The lowest BCUT2D eigenvalue weighted by Crippen LogP contribution is -2.27. The monoisotopic (exact) mass is 227 g/mol. The molecule has 1 nitrogen and oxygen atoms in total. The highest BCUT2D eigenvalue weighted by molar-refractivity contribution is 5.25. The molecule has 0 aliphatic heterocycles. The van der Waals surface area contributed by atoms with Gasteiger partial charge >= 0.3 is 0 Å².